The number of benzene rings is 2. The predicted octanol–water partition coefficient (Wildman–Crippen LogP) is 3.60. The monoisotopic (exact) mass is 285 g/mol. The predicted molar refractivity (Wildman–Crippen MR) is 79.8 cm³/mol. The highest BCUT2D eigenvalue weighted by Gasteiger charge is 2.10. The van der Waals surface area contributed by atoms with Gasteiger partial charge < -0.3 is 10.1 Å². The summed E-state index contributed by atoms with van der Waals surface area (Å²) in [7, 11) is 0. The maximum absolute atomic E-state index is 13.5. The van der Waals surface area contributed by atoms with Gasteiger partial charge in [0.05, 0.1) is 5.56 Å². The summed E-state index contributed by atoms with van der Waals surface area (Å²) in [6, 6.07) is 13.2. The van der Waals surface area contributed by atoms with Crippen molar-refractivity contribution in [2.75, 3.05) is 5.32 Å². The Morgan fingerprint density at radius 3 is 2.48 bits per heavy atom. The Labute approximate surface area is 122 Å². The average molecular weight is 285 g/mol. The summed E-state index contributed by atoms with van der Waals surface area (Å²) in [4.78, 5) is 22.2. The van der Waals surface area contributed by atoms with E-state index in [4.69, 9.17) is 0 Å². The highest BCUT2D eigenvalue weighted by atomic mass is 19.1. The Morgan fingerprint density at radius 2 is 1.81 bits per heavy atom. The lowest BCUT2D eigenvalue weighted by Gasteiger charge is -2.07. The van der Waals surface area contributed by atoms with E-state index in [1.165, 1.54) is 12.1 Å². The first-order chi connectivity index (χ1) is 10.2. The Morgan fingerprint density at radius 1 is 1.10 bits per heavy atom. The second-order valence-electron chi connectivity index (χ2n) is 4.69. The van der Waals surface area contributed by atoms with Crippen molar-refractivity contribution >= 4 is 17.9 Å². The fourth-order valence-corrected chi connectivity index (χ4v) is 1.99. The molecule has 0 radical (unpaired) electrons. The number of hydrogen-bond acceptors (Lipinski definition) is 2. The first-order valence-corrected chi connectivity index (χ1v) is 6.79. The lowest BCUT2D eigenvalue weighted by Crippen LogP contribution is -2.13. The van der Waals surface area contributed by atoms with Crippen LogP contribution < -0.4 is 5.32 Å². The smallest absolute Gasteiger partial charge is 0.258 e. The van der Waals surface area contributed by atoms with Crippen molar-refractivity contribution in [3.8, 4) is 0 Å². The summed E-state index contributed by atoms with van der Waals surface area (Å²) in [6.45, 7) is 0. The minimum atomic E-state index is -0.541. The van der Waals surface area contributed by atoms with Gasteiger partial charge in [0.15, 0.2) is 0 Å². The second kappa shape index (κ2) is 7.33. The van der Waals surface area contributed by atoms with Gasteiger partial charge in [-0.25, -0.2) is 4.39 Å². The third kappa shape index (κ3) is 4.24. The van der Waals surface area contributed by atoms with E-state index in [0.717, 1.165) is 24.7 Å². The molecule has 0 atom stereocenters. The maximum atomic E-state index is 13.5. The molecule has 0 spiro atoms. The highest BCUT2D eigenvalue weighted by Crippen LogP contribution is 2.14. The summed E-state index contributed by atoms with van der Waals surface area (Å²) >= 11 is 0. The number of rotatable bonds is 6. The largest absolute Gasteiger partial charge is 0.322 e. The number of anilines is 1. The third-order valence-corrected chi connectivity index (χ3v) is 3.12. The van der Waals surface area contributed by atoms with E-state index in [2.05, 4.69) is 5.32 Å². The van der Waals surface area contributed by atoms with Crippen molar-refractivity contribution in [3.05, 3.63) is 65.5 Å². The van der Waals surface area contributed by atoms with Crippen LogP contribution in [0.5, 0.6) is 0 Å². The minimum Gasteiger partial charge on any atom is -0.322 e. The van der Waals surface area contributed by atoms with Crippen LogP contribution in [0.1, 0.15) is 28.8 Å². The van der Waals surface area contributed by atoms with Crippen LogP contribution in [0, 0.1) is 5.82 Å². The molecular formula is C17H16FNO2. The van der Waals surface area contributed by atoms with Gasteiger partial charge in [0.2, 0.25) is 0 Å². The molecule has 2 rings (SSSR count). The molecule has 1 N–H and O–H groups in total. The van der Waals surface area contributed by atoms with Gasteiger partial charge in [-0.05, 0) is 42.7 Å². The van der Waals surface area contributed by atoms with Gasteiger partial charge in [-0.15, -0.1) is 0 Å². The standard InChI is InChI=1S/C17H16FNO2/c18-16-7-2-1-6-15(16)17(21)19-14-10-8-13(9-11-14)5-3-4-12-20/h1-2,6-12H,3-5H2,(H,19,21). The molecule has 0 saturated carbocycles. The molecule has 108 valence electrons. The number of nitrogens with one attached hydrogen (secondary N) is 1. The number of halogens is 1. The normalized spacial score (nSPS) is 10.1. The highest BCUT2D eigenvalue weighted by molar-refractivity contribution is 6.04. The lowest BCUT2D eigenvalue weighted by molar-refractivity contribution is -0.107. The van der Waals surface area contributed by atoms with Crippen molar-refractivity contribution in [1.82, 2.24) is 0 Å². The molecule has 0 aromatic heterocycles. The Kier molecular flexibility index (Phi) is 5.21. The van der Waals surface area contributed by atoms with Gasteiger partial charge in [-0.3, -0.25) is 4.79 Å². The van der Waals surface area contributed by atoms with Gasteiger partial charge in [0, 0.05) is 12.1 Å². The number of amides is 1. The van der Waals surface area contributed by atoms with E-state index >= 15 is 0 Å². The van der Waals surface area contributed by atoms with Gasteiger partial charge in [-0.2, -0.15) is 0 Å². The van der Waals surface area contributed by atoms with Crippen molar-refractivity contribution in [2.24, 2.45) is 0 Å². The Bertz CT molecular complexity index is 623. The summed E-state index contributed by atoms with van der Waals surface area (Å²) in [5, 5.41) is 2.66. The molecule has 4 heteroatoms. The van der Waals surface area contributed by atoms with Gasteiger partial charge >= 0.3 is 0 Å². The lowest BCUT2D eigenvalue weighted by atomic mass is 10.1. The zero-order chi connectivity index (χ0) is 15.1. The van der Waals surface area contributed by atoms with E-state index < -0.39 is 11.7 Å². The fraction of sp³-hybridized carbons (Fsp3) is 0.176. The quantitative estimate of drug-likeness (QED) is 0.651. The summed E-state index contributed by atoms with van der Waals surface area (Å²) in [6.07, 6.45) is 3.08. The van der Waals surface area contributed by atoms with Crippen LogP contribution in [0.3, 0.4) is 0 Å². The number of aldehydes is 1. The van der Waals surface area contributed by atoms with E-state index in [0.29, 0.717) is 12.1 Å². The van der Waals surface area contributed by atoms with Crippen LogP contribution in [0.2, 0.25) is 0 Å². The van der Waals surface area contributed by atoms with E-state index in [9.17, 15) is 14.0 Å². The van der Waals surface area contributed by atoms with Crippen LogP contribution in [0.25, 0.3) is 0 Å². The summed E-state index contributed by atoms with van der Waals surface area (Å²) in [5.74, 6) is -1.01. The summed E-state index contributed by atoms with van der Waals surface area (Å²) in [5.41, 5.74) is 1.73. The molecule has 0 unspecified atom stereocenters. The molecule has 0 aliphatic heterocycles. The SMILES string of the molecule is O=CCCCc1ccc(NC(=O)c2ccccc2F)cc1. The van der Waals surface area contributed by atoms with Crippen LogP contribution in [0.4, 0.5) is 10.1 Å². The van der Waals surface area contributed by atoms with Gasteiger partial charge in [0.25, 0.3) is 5.91 Å². The zero-order valence-corrected chi connectivity index (χ0v) is 11.5. The first-order valence-electron chi connectivity index (χ1n) is 6.79. The van der Waals surface area contributed by atoms with Crippen molar-refractivity contribution < 1.29 is 14.0 Å². The topological polar surface area (TPSA) is 46.2 Å². The number of carbonyl (C=O) groups excluding carboxylic acids is 2. The molecule has 2 aromatic rings. The molecule has 3 nitrogen and oxygen atoms in total. The first kappa shape index (κ1) is 14.9. The molecule has 0 heterocycles. The molecule has 1 amide bonds. The number of aryl methyl sites for hydroxylation is 1. The van der Waals surface area contributed by atoms with E-state index in [1.807, 2.05) is 12.1 Å². The maximum Gasteiger partial charge on any atom is 0.258 e. The van der Waals surface area contributed by atoms with E-state index in [1.54, 1.807) is 24.3 Å². The van der Waals surface area contributed by atoms with Crippen LogP contribution in [0.15, 0.2) is 48.5 Å². The Balaban J connectivity index is 1.98. The molecule has 0 fully saturated rings. The molecule has 0 bridgehead atoms. The molecule has 2 aromatic carbocycles. The molecular weight excluding hydrogens is 269 g/mol. The van der Waals surface area contributed by atoms with Crippen LogP contribution in [-0.2, 0) is 11.2 Å². The van der Waals surface area contributed by atoms with Crippen LogP contribution >= 0.6 is 0 Å². The van der Waals surface area contributed by atoms with Gasteiger partial charge in [-0.1, -0.05) is 24.3 Å². The fourth-order valence-electron chi connectivity index (χ4n) is 1.99. The minimum absolute atomic E-state index is 0.0209. The van der Waals surface area contributed by atoms with Crippen molar-refractivity contribution in [2.45, 2.75) is 19.3 Å². The Hall–Kier alpha value is -2.49. The number of carbonyl (C=O) groups is 2. The second-order valence-corrected chi connectivity index (χ2v) is 4.69. The molecule has 0 aliphatic rings. The number of hydrogen-bond donors (Lipinski definition) is 1. The third-order valence-electron chi connectivity index (χ3n) is 3.12. The zero-order valence-electron chi connectivity index (χ0n) is 11.5. The number of unbranched alkanes of at least 4 members (excludes halogenated alkanes) is 1. The van der Waals surface area contributed by atoms with Crippen LogP contribution in [-0.4, -0.2) is 12.2 Å². The molecule has 0 aliphatic carbocycles. The summed E-state index contributed by atoms with van der Waals surface area (Å²) < 4.78 is 13.5. The molecule has 0 saturated heterocycles. The van der Waals surface area contributed by atoms with E-state index in [-0.39, 0.29) is 5.56 Å². The molecule has 21 heavy (non-hydrogen) atoms. The van der Waals surface area contributed by atoms with Gasteiger partial charge in [0.1, 0.15) is 12.1 Å². The average Bonchev–Trinajstić information content (AvgIpc) is 2.49. The van der Waals surface area contributed by atoms with Crippen molar-refractivity contribution in [1.29, 1.82) is 0 Å². The van der Waals surface area contributed by atoms with Crippen molar-refractivity contribution in [3.63, 3.8) is 0 Å².